The van der Waals surface area contributed by atoms with E-state index >= 15 is 0 Å². The van der Waals surface area contributed by atoms with Crippen molar-refractivity contribution in [1.82, 2.24) is 5.32 Å². The Morgan fingerprint density at radius 1 is 1.42 bits per heavy atom. The van der Waals surface area contributed by atoms with Gasteiger partial charge in [0.15, 0.2) is 0 Å². The fraction of sp³-hybridized carbons (Fsp3) is 0.250. The van der Waals surface area contributed by atoms with E-state index < -0.39 is 23.7 Å². The van der Waals surface area contributed by atoms with Gasteiger partial charge in [-0.25, -0.2) is 4.39 Å². The summed E-state index contributed by atoms with van der Waals surface area (Å²) in [6, 6.07) is 5.19. The zero-order valence-electron chi connectivity index (χ0n) is 9.68. The van der Waals surface area contributed by atoms with E-state index in [1.807, 2.05) is 0 Å². The molecule has 1 aliphatic rings. The molecule has 0 spiro atoms. The molecule has 1 N–H and O–H groups in total. The zero-order chi connectivity index (χ0) is 13.1. The van der Waals surface area contributed by atoms with Crippen LogP contribution in [0.1, 0.15) is 23.2 Å². The maximum atomic E-state index is 12.9. The average Bonchev–Trinajstić information content (AvgIpc) is 2.32. The van der Waals surface area contributed by atoms with E-state index in [9.17, 15) is 18.8 Å². The topological polar surface area (TPSA) is 77.3 Å². The molecule has 19 heavy (non-hydrogen) atoms. The molecule has 2 rings (SSSR count). The van der Waals surface area contributed by atoms with Crippen LogP contribution in [0, 0.1) is 11.9 Å². The van der Waals surface area contributed by atoms with Crippen LogP contribution in [-0.2, 0) is 30.7 Å². The first kappa shape index (κ1) is 15.5. The normalized spacial score (nSPS) is 18.3. The van der Waals surface area contributed by atoms with Gasteiger partial charge < -0.3 is 10.1 Å². The third-order valence-corrected chi connectivity index (χ3v) is 2.47. The Bertz CT molecular complexity index is 521. The minimum atomic E-state index is -0.896. The number of nitrogens with zero attached hydrogens (tertiary/aromatic N) is 1. The van der Waals surface area contributed by atoms with Gasteiger partial charge in [-0.2, -0.15) is 0 Å². The van der Waals surface area contributed by atoms with E-state index in [-0.39, 0.29) is 45.4 Å². The van der Waals surface area contributed by atoms with E-state index in [1.165, 1.54) is 12.1 Å². The van der Waals surface area contributed by atoms with Gasteiger partial charge in [-0.1, -0.05) is 0 Å². The van der Waals surface area contributed by atoms with Crippen LogP contribution in [0.3, 0.4) is 0 Å². The molecule has 0 radical (unpaired) electrons. The van der Waals surface area contributed by atoms with E-state index in [0.717, 1.165) is 6.07 Å². The predicted octanol–water partition coefficient (Wildman–Crippen LogP) is 0.942. The fourth-order valence-electron chi connectivity index (χ4n) is 1.58. The maximum absolute atomic E-state index is 12.9. The molecule has 98 valence electrons. The summed E-state index contributed by atoms with van der Waals surface area (Å²) in [4.78, 5) is 33.9. The van der Waals surface area contributed by atoms with Crippen molar-refractivity contribution in [2.75, 3.05) is 0 Å². The van der Waals surface area contributed by atoms with Gasteiger partial charge >= 0.3 is 21.1 Å². The first-order valence-electron chi connectivity index (χ1n) is 5.33. The van der Waals surface area contributed by atoms with Crippen molar-refractivity contribution >= 4 is 17.7 Å². The molecule has 0 aromatic heterocycles. The van der Waals surface area contributed by atoms with Crippen LogP contribution < -0.4 is 5.32 Å². The SMILES string of the molecule is O=C1CCC([N-]C(=O)c2[c-]c(F)ccc2)C(=O)N1.[W+2]. The molecule has 1 heterocycles. The van der Waals surface area contributed by atoms with Crippen LogP contribution in [0.2, 0.25) is 0 Å². The van der Waals surface area contributed by atoms with Gasteiger partial charge in [0, 0.05) is 12.2 Å². The molecule has 1 aliphatic heterocycles. The number of hydrogen-bond acceptors (Lipinski definition) is 3. The number of carbonyl (C=O) groups is 3. The van der Waals surface area contributed by atoms with Gasteiger partial charge in [-0.15, -0.1) is 29.8 Å². The molecule has 0 saturated carbocycles. The van der Waals surface area contributed by atoms with E-state index in [4.69, 9.17) is 0 Å². The van der Waals surface area contributed by atoms with Crippen molar-refractivity contribution in [1.29, 1.82) is 0 Å². The van der Waals surface area contributed by atoms with Crippen molar-refractivity contribution in [2.24, 2.45) is 0 Å². The van der Waals surface area contributed by atoms with Crippen LogP contribution in [0.25, 0.3) is 5.32 Å². The smallest absolute Gasteiger partial charge is 0.684 e. The van der Waals surface area contributed by atoms with Crippen LogP contribution in [0.15, 0.2) is 18.2 Å². The second kappa shape index (κ2) is 6.57. The molecule has 1 aromatic rings. The molecule has 0 aliphatic carbocycles. The summed E-state index contributed by atoms with van der Waals surface area (Å²) in [5.41, 5.74) is -0.0419. The van der Waals surface area contributed by atoms with Gasteiger partial charge in [0.2, 0.25) is 11.8 Å². The van der Waals surface area contributed by atoms with E-state index in [1.54, 1.807) is 0 Å². The van der Waals surface area contributed by atoms with Crippen molar-refractivity contribution < 1.29 is 39.8 Å². The summed E-state index contributed by atoms with van der Waals surface area (Å²) in [6.07, 6.45) is 0.325. The molecule has 1 aromatic carbocycles. The van der Waals surface area contributed by atoms with Gasteiger partial charge in [0.25, 0.3) is 0 Å². The van der Waals surface area contributed by atoms with Gasteiger partial charge in [-0.05, 0) is 18.4 Å². The van der Waals surface area contributed by atoms with E-state index in [2.05, 4.69) is 16.7 Å². The Morgan fingerprint density at radius 3 is 2.79 bits per heavy atom. The fourth-order valence-corrected chi connectivity index (χ4v) is 1.58. The minimum absolute atomic E-state index is 0. The summed E-state index contributed by atoms with van der Waals surface area (Å²) < 4.78 is 12.9. The van der Waals surface area contributed by atoms with Crippen LogP contribution >= 0.6 is 0 Å². The summed E-state index contributed by atoms with van der Waals surface area (Å²) in [7, 11) is 0. The van der Waals surface area contributed by atoms with E-state index in [0.29, 0.717) is 0 Å². The standard InChI is InChI=1S/C12H10FN2O3.W/c13-8-3-1-2-7(6-8)11(17)14-9-4-5-10(16)15-12(9)18;/h1-3,9H,4-5H2,(H2,14,15,16,17,18);/q-1;+2/p-1. The Balaban J connectivity index is 0.00000180. The molecular weight excluding hydrogens is 423 g/mol. The number of nitrogens with one attached hydrogen (secondary N) is 1. The molecule has 7 heteroatoms. The Morgan fingerprint density at radius 2 is 2.16 bits per heavy atom. The number of carbonyl (C=O) groups excluding carboxylic acids is 3. The number of piperidine rings is 1. The summed E-state index contributed by atoms with van der Waals surface area (Å²) in [6.45, 7) is 0. The molecule has 1 unspecified atom stereocenters. The Kier molecular flexibility index (Phi) is 5.36. The maximum Gasteiger partial charge on any atom is 2.00 e. The number of imide groups is 1. The number of hydrogen-bond donors (Lipinski definition) is 1. The molecule has 0 bridgehead atoms. The largest absolute Gasteiger partial charge is 2.00 e. The quantitative estimate of drug-likeness (QED) is 0.559. The molecule has 1 fully saturated rings. The number of halogens is 1. The van der Waals surface area contributed by atoms with Crippen molar-refractivity contribution in [3.8, 4) is 0 Å². The van der Waals surface area contributed by atoms with Crippen LogP contribution in [-0.4, -0.2) is 23.8 Å². The molecule has 5 nitrogen and oxygen atoms in total. The zero-order valence-corrected chi connectivity index (χ0v) is 12.6. The van der Waals surface area contributed by atoms with Gasteiger partial charge in [-0.3, -0.25) is 14.9 Å². The third kappa shape index (κ3) is 3.96. The summed E-state index contributed by atoms with van der Waals surface area (Å²) >= 11 is 0. The number of rotatable bonds is 2. The molecule has 1 atom stereocenters. The van der Waals surface area contributed by atoms with Gasteiger partial charge in [0.05, 0.1) is 0 Å². The van der Waals surface area contributed by atoms with Crippen molar-refractivity contribution in [2.45, 2.75) is 18.9 Å². The molecule has 1 saturated heterocycles. The van der Waals surface area contributed by atoms with Gasteiger partial charge in [0.1, 0.15) is 0 Å². The number of amides is 3. The predicted molar refractivity (Wildman–Crippen MR) is 59.1 cm³/mol. The second-order valence-electron chi connectivity index (χ2n) is 3.81. The Labute approximate surface area is 123 Å². The van der Waals surface area contributed by atoms with Crippen molar-refractivity contribution in [3.05, 3.63) is 41.0 Å². The van der Waals surface area contributed by atoms with Crippen LogP contribution in [0.4, 0.5) is 4.39 Å². The second-order valence-corrected chi connectivity index (χ2v) is 3.81. The third-order valence-electron chi connectivity index (χ3n) is 2.47. The van der Waals surface area contributed by atoms with Crippen LogP contribution in [0.5, 0.6) is 0 Å². The monoisotopic (exact) mass is 432 g/mol. The molecule has 3 amide bonds. The number of benzene rings is 1. The Hall–Kier alpha value is -1.55. The first-order valence-corrected chi connectivity index (χ1v) is 5.33. The van der Waals surface area contributed by atoms with Crippen molar-refractivity contribution in [3.63, 3.8) is 0 Å². The molecular formula is C12H9FN2O3W. The average molecular weight is 432 g/mol. The minimum Gasteiger partial charge on any atom is -0.684 e. The first-order chi connectivity index (χ1) is 8.56. The summed E-state index contributed by atoms with van der Waals surface area (Å²) in [5.74, 6) is -2.37. The summed E-state index contributed by atoms with van der Waals surface area (Å²) in [5, 5.41) is 5.75.